The predicted octanol–water partition coefficient (Wildman–Crippen LogP) is 2.64. The largest absolute Gasteiger partial charge is 0.371 e. The molecule has 1 aromatic heterocycles. The third-order valence-electron chi connectivity index (χ3n) is 2.81. The van der Waals surface area contributed by atoms with Gasteiger partial charge in [0.15, 0.2) is 5.82 Å². The van der Waals surface area contributed by atoms with Crippen molar-refractivity contribution >= 4 is 0 Å². The normalized spacial score (nSPS) is 12.7. The second kappa shape index (κ2) is 8.16. The van der Waals surface area contributed by atoms with Gasteiger partial charge < -0.3 is 10.1 Å². The molecule has 0 fully saturated rings. The van der Waals surface area contributed by atoms with E-state index < -0.39 is 0 Å². The number of aromatic nitrogens is 2. The number of nitrogens with zero attached hydrogens (tertiary/aromatic N) is 2. The standard InChI is InChI=1S/C14H25N3O/c1-5-8-13-12(9-15-6-2)10-16-14(17-13)11(4)18-7-3/h10-11,15H,5-9H2,1-4H3. The van der Waals surface area contributed by atoms with E-state index in [4.69, 9.17) is 4.74 Å². The number of ether oxygens (including phenoxy) is 1. The molecule has 1 rings (SSSR count). The van der Waals surface area contributed by atoms with E-state index in [9.17, 15) is 0 Å². The Hall–Kier alpha value is -1.00. The molecule has 1 atom stereocenters. The highest BCUT2D eigenvalue weighted by Gasteiger charge is 2.12. The highest BCUT2D eigenvalue weighted by molar-refractivity contribution is 5.18. The Kier molecular flexibility index (Phi) is 6.83. The maximum Gasteiger partial charge on any atom is 0.157 e. The van der Waals surface area contributed by atoms with Crippen LogP contribution in [0.25, 0.3) is 0 Å². The van der Waals surface area contributed by atoms with E-state index in [1.807, 2.05) is 20.0 Å². The van der Waals surface area contributed by atoms with Gasteiger partial charge in [-0.3, -0.25) is 0 Å². The lowest BCUT2D eigenvalue weighted by atomic mass is 10.1. The molecule has 0 spiro atoms. The Balaban J connectivity index is 2.87. The summed E-state index contributed by atoms with van der Waals surface area (Å²) in [7, 11) is 0. The molecular weight excluding hydrogens is 226 g/mol. The zero-order valence-electron chi connectivity index (χ0n) is 12.0. The summed E-state index contributed by atoms with van der Waals surface area (Å²) in [6.07, 6.45) is 4.00. The van der Waals surface area contributed by atoms with Crippen LogP contribution in [0.5, 0.6) is 0 Å². The summed E-state index contributed by atoms with van der Waals surface area (Å²) in [6.45, 7) is 10.8. The lowest BCUT2D eigenvalue weighted by molar-refractivity contribution is 0.0698. The minimum absolute atomic E-state index is 0.0289. The summed E-state index contributed by atoms with van der Waals surface area (Å²) in [6, 6.07) is 0. The SMILES string of the molecule is CCCc1nc(C(C)OCC)ncc1CNCC. The number of nitrogens with one attached hydrogen (secondary N) is 1. The predicted molar refractivity (Wildman–Crippen MR) is 73.4 cm³/mol. The molecular formula is C14H25N3O. The minimum Gasteiger partial charge on any atom is -0.371 e. The van der Waals surface area contributed by atoms with Crippen LogP contribution in [-0.2, 0) is 17.7 Å². The first kappa shape index (κ1) is 15.1. The molecule has 1 unspecified atom stereocenters. The van der Waals surface area contributed by atoms with Crippen molar-refractivity contribution in [3.63, 3.8) is 0 Å². The molecule has 0 radical (unpaired) electrons. The van der Waals surface area contributed by atoms with Gasteiger partial charge in [0.2, 0.25) is 0 Å². The van der Waals surface area contributed by atoms with Crippen molar-refractivity contribution in [2.75, 3.05) is 13.2 Å². The van der Waals surface area contributed by atoms with Crippen molar-refractivity contribution < 1.29 is 4.74 Å². The van der Waals surface area contributed by atoms with Gasteiger partial charge in [0.25, 0.3) is 0 Å². The number of rotatable bonds is 8. The molecule has 0 aliphatic heterocycles. The quantitative estimate of drug-likeness (QED) is 0.771. The maximum atomic E-state index is 5.54. The molecule has 18 heavy (non-hydrogen) atoms. The molecule has 4 heteroatoms. The van der Waals surface area contributed by atoms with Crippen LogP contribution >= 0.6 is 0 Å². The van der Waals surface area contributed by atoms with E-state index in [-0.39, 0.29) is 6.10 Å². The molecule has 0 aromatic carbocycles. The second-order valence-corrected chi connectivity index (χ2v) is 4.33. The molecule has 0 bridgehead atoms. The van der Waals surface area contributed by atoms with Gasteiger partial charge in [-0.25, -0.2) is 9.97 Å². The number of hydrogen-bond acceptors (Lipinski definition) is 4. The molecule has 0 aliphatic rings. The molecule has 0 saturated carbocycles. The minimum atomic E-state index is -0.0289. The maximum absolute atomic E-state index is 5.54. The highest BCUT2D eigenvalue weighted by atomic mass is 16.5. The summed E-state index contributed by atoms with van der Waals surface area (Å²) in [5, 5.41) is 3.33. The highest BCUT2D eigenvalue weighted by Crippen LogP contribution is 2.15. The van der Waals surface area contributed by atoms with Crippen molar-refractivity contribution in [3.05, 3.63) is 23.3 Å². The smallest absolute Gasteiger partial charge is 0.157 e. The van der Waals surface area contributed by atoms with Crippen LogP contribution in [0.2, 0.25) is 0 Å². The van der Waals surface area contributed by atoms with Crippen molar-refractivity contribution in [1.29, 1.82) is 0 Å². The number of hydrogen-bond donors (Lipinski definition) is 1. The number of aryl methyl sites for hydroxylation is 1. The molecule has 1 heterocycles. The van der Waals surface area contributed by atoms with Gasteiger partial charge in [-0.05, 0) is 26.8 Å². The first-order chi connectivity index (χ1) is 8.72. The molecule has 0 saturated heterocycles. The topological polar surface area (TPSA) is 47.0 Å². The third-order valence-corrected chi connectivity index (χ3v) is 2.81. The van der Waals surface area contributed by atoms with E-state index in [1.165, 1.54) is 5.56 Å². The monoisotopic (exact) mass is 251 g/mol. The van der Waals surface area contributed by atoms with Crippen LogP contribution < -0.4 is 5.32 Å². The Morgan fingerprint density at radius 2 is 2.11 bits per heavy atom. The van der Waals surface area contributed by atoms with Crippen LogP contribution in [0.3, 0.4) is 0 Å². The van der Waals surface area contributed by atoms with Gasteiger partial charge >= 0.3 is 0 Å². The third kappa shape index (κ3) is 4.35. The van der Waals surface area contributed by atoms with Crippen molar-refractivity contribution in [2.24, 2.45) is 0 Å². The molecule has 0 aliphatic carbocycles. The van der Waals surface area contributed by atoms with Crippen LogP contribution in [0.4, 0.5) is 0 Å². The van der Waals surface area contributed by atoms with Gasteiger partial charge in [-0.1, -0.05) is 20.3 Å². The van der Waals surface area contributed by atoms with Gasteiger partial charge in [-0.15, -0.1) is 0 Å². The van der Waals surface area contributed by atoms with E-state index in [0.29, 0.717) is 6.61 Å². The lowest BCUT2D eigenvalue weighted by Gasteiger charge is -2.14. The fourth-order valence-electron chi connectivity index (χ4n) is 1.84. The van der Waals surface area contributed by atoms with Crippen LogP contribution in [-0.4, -0.2) is 23.1 Å². The van der Waals surface area contributed by atoms with Crippen molar-refractivity contribution in [3.8, 4) is 0 Å². The Labute approximate surface area is 110 Å². The fraction of sp³-hybridized carbons (Fsp3) is 0.714. The summed E-state index contributed by atoms with van der Waals surface area (Å²) >= 11 is 0. The van der Waals surface area contributed by atoms with Gasteiger partial charge in [0, 0.05) is 30.6 Å². The van der Waals surface area contributed by atoms with Gasteiger partial charge in [0.1, 0.15) is 6.10 Å². The summed E-state index contributed by atoms with van der Waals surface area (Å²) in [4.78, 5) is 9.07. The molecule has 1 N–H and O–H groups in total. The van der Waals surface area contributed by atoms with E-state index >= 15 is 0 Å². The first-order valence-electron chi connectivity index (χ1n) is 6.89. The molecule has 0 amide bonds. The van der Waals surface area contributed by atoms with Crippen molar-refractivity contribution in [1.82, 2.24) is 15.3 Å². The van der Waals surface area contributed by atoms with E-state index in [0.717, 1.165) is 37.4 Å². The van der Waals surface area contributed by atoms with Crippen LogP contribution in [0.1, 0.15) is 57.3 Å². The van der Waals surface area contributed by atoms with E-state index in [2.05, 4.69) is 29.1 Å². The fourth-order valence-corrected chi connectivity index (χ4v) is 1.84. The van der Waals surface area contributed by atoms with Gasteiger partial charge in [0.05, 0.1) is 0 Å². The zero-order valence-corrected chi connectivity index (χ0v) is 12.0. The summed E-state index contributed by atoms with van der Waals surface area (Å²) in [5.41, 5.74) is 2.35. The summed E-state index contributed by atoms with van der Waals surface area (Å²) in [5.74, 6) is 0.792. The van der Waals surface area contributed by atoms with E-state index in [1.54, 1.807) is 0 Å². The average molecular weight is 251 g/mol. The second-order valence-electron chi connectivity index (χ2n) is 4.33. The van der Waals surface area contributed by atoms with Gasteiger partial charge in [-0.2, -0.15) is 0 Å². The van der Waals surface area contributed by atoms with Crippen molar-refractivity contribution in [2.45, 2.75) is 53.2 Å². The molecule has 1 aromatic rings. The first-order valence-corrected chi connectivity index (χ1v) is 6.89. The van der Waals surface area contributed by atoms with Crippen LogP contribution in [0.15, 0.2) is 6.20 Å². The average Bonchev–Trinajstić information content (AvgIpc) is 2.38. The van der Waals surface area contributed by atoms with Crippen LogP contribution in [0, 0.1) is 0 Å². The Bertz CT molecular complexity index is 355. The summed E-state index contributed by atoms with van der Waals surface area (Å²) < 4.78 is 5.54. The molecule has 102 valence electrons. The Morgan fingerprint density at radius 3 is 2.72 bits per heavy atom. The Morgan fingerprint density at radius 1 is 1.33 bits per heavy atom. The molecule has 4 nitrogen and oxygen atoms in total. The lowest BCUT2D eigenvalue weighted by Crippen LogP contribution is -2.16. The zero-order chi connectivity index (χ0) is 13.4.